The number of rotatable bonds is 4. The Hall–Kier alpha value is -3.20. The Balaban J connectivity index is 1.84. The third-order valence-electron chi connectivity index (χ3n) is 4.00. The monoisotopic (exact) mass is 404 g/mol. The maximum atomic E-state index is 13.3. The van der Waals surface area contributed by atoms with Gasteiger partial charge in [0.2, 0.25) is 0 Å². The number of benzene rings is 1. The molecule has 142 valence electrons. The summed E-state index contributed by atoms with van der Waals surface area (Å²) in [5.74, 6) is -0.0892. The van der Waals surface area contributed by atoms with Crippen LogP contribution in [-0.2, 0) is 6.18 Å². The fourth-order valence-corrected chi connectivity index (χ4v) is 2.97. The second-order valence-corrected chi connectivity index (χ2v) is 6.32. The Bertz CT molecular complexity index is 1110. The third-order valence-corrected chi connectivity index (χ3v) is 4.24. The van der Waals surface area contributed by atoms with E-state index in [4.69, 9.17) is 11.6 Å². The molecule has 1 unspecified atom stereocenters. The predicted octanol–water partition coefficient (Wildman–Crippen LogP) is 4.39. The van der Waals surface area contributed by atoms with Crippen LogP contribution in [0.3, 0.4) is 0 Å². The molecule has 0 spiro atoms. The molecule has 3 aromatic heterocycles. The first-order valence-corrected chi connectivity index (χ1v) is 8.50. The van der Waals surface area contributed by atoms with Gasteiger partial charge in [0.05, 0.1) is 11.7 Å². The fourth-order valence-electron chi connectivity index (χ4n) is 2.77. The Morgan fingerprint density at radius 1 is 1.04 bits per heavy atom. The molecule has 0 aliphatic carbocycles. The van der Waals surface area contributed by atoms with E-state index >= 15 is 0 Å². The average Bonchev–Trinajstić information content (AvgIpc) is 3.15. The van der Waals surface area contributed by atoms with E-state index in [1.165, 1.54) is 4.52 Å². The van der Waals surface area contributed by atoms with Gasteiger partial charge in [-0.25, -0.2) is 4.98 Å². The predicted molar refractivity (Wildman–Crippen MR) is 96.9 cm³/mol. The molecule has 10 heteroatoms. The van der Waals surface area contributed by atoms with Gasteiger partial charge in [0, 0.05) is 17.3 Å². The standard InChI is InChI=1S/C18H12ClF3N6/c19-12-5-3-4-11(8-12)16(13-6-1-2-7-23-13)27-15-9-14(18(20,21)22)26-17-24-10-25-28(15)17/h1-10,16,27H. The van der Waals surface area contributed by atoms with Crippen molar-refractivity contribution >= 4 is 23.2 Å². The first kappa shape index (κ1) is 18.2. The van der Waals surface area contributed by atoms with Gasteiger partial charge in [0.15, 0.2) is 5.69 Å². The SMILES string of the molecule is FC(F)(F)c1cc(NC(c2cccc(Cl)c2)c2ccccn2)n2ncnc2n1. The summed E-state index contributed by atoms with van der Waals surface area (Å²) in [6.07, 6.45) is -1.88. The van der Waals surface area contributed by atoms with Crippen LogP contribution in [0.5, 0.6) is 0 Å². The van der Waals surface area contributed by atoms with E-state index in [1.54, 1.807) is 42.6 Å². The van der Waals surface area contributed by atoms with E-state index in [0.29, 0.717) is 10.7 Å². The van der Waals surface area contributed by atoms with Crippen molar-refractivity contribution in [2.45, 2.75) is 12.2 Å². The highest BCUT2D eigenvalue weighted by Crippen LogP contribution is 2.32. The molecule has 4 aromatic rings. The minimum absolute atomic E-state index is 0.0745. The number of pyridine rings is 1. The number of nitrogens with zero attached hydrogens (tertiary/aromatic N) is 5. The molecule has 6 nitrogen and oxygen atoms in total. The van der Waals surface area contributed by atoms with E-state index in [0.717, 1.165) is 18.0 Å². The quantitative estimate of drug-likeness (QED) is 0.546. The number of fused-ring (bicyclic) bond motifs is 1. The van der Waals surface area contributed by atoms with Crippen LogP contribution in [0.15, 0.2) is 61.1 Å². The van der Waals surface area contributed by atoms with Gasteiger partial charge >= 0.3 is 6.18 Å². The van der Waals surface area contributed by atoms with Gasteiger partial charge < -0.3 is 5.32 Å². The number of hydrogen-bond acceptors (Lipinski definition) is 5. The second kappa shape index (κ2) is 7.08. The van der Waals surface area contributed by atoms with Gasteiger partial charge in [0.1, 0.15) is 12.1 Å². The number of alkyl halides is 3. The largest absolute Gasteiger partial charge is 0.433 e. The summed E-state index contributed by atoms with van der Waals surface area (Å²) in [5.41, 5.74) is 0.259. The van der Waals surface area contributed by atoms with Crippen LogP contribution >= 0.6 is 11.6 Å². The first-order chi connectivity index (χ1) is 13.4. The summed E-state index contributed by atoms with van der Waals surface area (Å²) in [6.45, 7) is 0. The van der Waals surface area contributed by atoms with Gasteiger partial charge in [-0.05, 0) is 29.8 Å². The molecular weight excluding hydrogens is 393 g/mol. The van der Waals surface area contributed by atoms with E-state index in [1.807, 2.05) is 6.07 Å². The summed E-state index contributed by atoms with van der Waals surface area (Å²) in [4.78, 5) is 11.6. The Kier molecular flexibility index (Phi) is 4.60. The topological polar surface area (TPSA) is 68.0 Å². The van der Waals surface area contributed by atoms with Crippen LogP contribution in [0, 0.1) is 0 Å². The van der Waals surface area contributed by atoms with Gasteiger partial charge in [0.25, 0.3) is 5.78 Å². The lowest BCUT2D eigenvalue weighted by atomic mass is 10.0. The minimum Gasteiger partial charge on any atom is -0.357 e. The molecule has 0 aliphatic heterocycles. The zero-order valence-electron chi connectivity index (χ0n) is 14.1. The molecular formula is C18H12ClF3N6. The van der Waals surface area contributed by atoms with Crippen molar-refractivity contribution in [3.63, 3.8) is 0 Å². The molecule has 28 heavy (non-hydrogen) atoms. The first-order valence-electron chi connectivity index (χ1n) is 8.13. The molecule has 3 heterocycles. The van der Waals surface area contributed by atoms with Crippen molar-refractivity contribution in [2.24, 2.45) is 0 Å². The maximum absolute atomic E-state index is 13.3. The molecule has 0 radical (unpaired) electrons. The minimum atomic E-state index is -4.62. The number of anilines is 1. The molecule has 0 fully saturated rings. The molecule has 0 amide bonds. The normalized spacial score (nSPS) is 12.9. The lowest BCUT2D eigenvalue weighted by Gasteiger charge is -2.21. The Morgan fingerprint density at radius 3 is 2.61 bits per heavy atom. The summed E-state index contributed by atoms with van der Waals surface area (Å²) < 4.78 is 41.0. The number of hydrogen-bond donors (Lipinski definition) is 1. The van der Waals surface area contributed by atoms with Gasteiger partial charge in [-0.15, -0.1) is 0 Å². The molecule has 0 aliphatic rings. The zero-order valence-corrected chi connectivity index (χ0v) is 14.9. The molecule has 0 saturated carbocycles. The highest BCUT2D eigenvalue weighted by Gasteiger charge is 2.34. The number of halogens is 4. The summed E-state index contributed by atoms with van der Waals surface area (Å²) >= 11 is 6.11. The van der Waals surface area contributed by atoms with Crippen molar-refractivity contribution in [3.8, 4) is 0 Å². The number of nitrogens with one attached hydrogen (secondary N) is 1. The van der Waals surface area contributed by atoms with Crippen molar-refractivity contribution in [1.82, 2.24) is 24.6 Å². The fraction of sp³-hybridized carbons (Fsp3) is 0.111. The van der Waals surface area contributed by atoms with Crippen LogP contribution in [0.1, 0.15) is 23.0 Å². The van der Waals surface area contributed by atoms with Crippen molar-refractivity contribution in [3.05, 3.63) is 83.0 Å². The summed E-state index contributed by atoms with van der Waals surface area (Å²) in [7, 11) is 0. The van der Waals surface area contributed by atoms with E-state index in [9.17, 15) is 13.2 Å². The van der Waals surface area contributed by atoms with E-state index < -0.39 is 17.9 Å². The molecule has 4 rings (SSSR count). The summed E-state index contributed by atoms with van der Waals surface area (Å²) in [5, 5.41) is 7.54. The average molecular weight is 405 g/mol. The Labute approximate surface area is 162 Å². The number of aromatic nitrogens is 5. The van der Waals surface area contributed by atoms with E-state index in [2.05, 4.69) is 25.4 Å². The van der Waals surface area contributed by atoms with Gasteiger partial charge in [-0.2, -0.15) is 27.8 Å². The van der Waals surface area contributed by atoms with Crippen molar-refractivity contribution in [2.75, 3.05) is 5.32 Å². The highest BCUT2D eigenvalue weighted by molar-refractivity contribution is 6.30. The van der Waals surface area contributed by atoms with Crippen LogP contribution in [-0.4, -0.2) is 24.6 Å². The van der Waals surface area contributed by atoms with Crippen molar-refractivity contribution < 1.29 is 13.2 Å². The smallest absolute Gasteiger partial charge is 0.357 e. The molecule has 0 bridgehead atoms. The second-order valence-electron chi connectivity index (χ2n) is 5.88. The summed E-state index contributed by atoms with van der Waals surface area (Å²) in [6, 6.07) is 12.6. The van der Waals surface area contributed by atoms with Crippen LogP contribution in [0.25, 0.3) is 5.78 Å². The molecule has 1 N–H and O–H groups in total. The van der Waals surface area contributed by atoms with Gasteiger partial charge in [-0.3, -0.25) is 4.98 Å². The Morgan fingerprint density at radius 2 is 1.89 bits per heavy atom. The maximum Gasteiger partial charge on any atom is 0.433 e. The lowest BCUT2D eigenvalue weighted by Crippen LogP contribution is -2.18. The van der Waals surface area contributed by atoms with E-state index in [-0.39, 0.29) is 11.6 Å². The lowest BCUT2D eigenvalue weighted by molar-refractivity contribution is -0.141. The molecule has 1 aromatic carbocycles. The van der Waals surface area contributed by atoms with Crippen LogP contribution in [0.4, 0.5) is 19.0 Å². The van der Waals surface area contributed by atoms with Crippen LogP contribution in [0.2, 0.25) is 5.02 Å². The van der Waals surface area contributed by atoms with Crippen LogP contribution < -0.4 is 5.32 Å². The zero-order chi connectivity index (χ0) is 19.7. The van der Waals surface area contributed by atoms with Crippen molar-refractivity contribution in [1.29, 1.82) is 0 Å². The highest BCUT2D eigenvalue weighted by atomic mass is 35.5. The molecule has 1 atom stereocenters. The molecule has 0 saturated heterocycles. The third kappa shape index (κ3) is 3.61. The van der Waals surface area contributed by atoms with Gasteiger partial charge in [-0.1, -0.05) is 29.8 Å².